The molecular formula is C18H17FN4O2S2. The van der Waals surface area contributed by atoms with Crippen LogP contribution in [0.4, 0.5) is 20.9 Å². The number of para-hydroxylation sites is 1. The van der Waals surface area contributed by atoms with Crippen molar-refractivity contribution in [1.82, 2.24) is 10.2 Å². The quantitative estimate of drug-likeness (QED) is 0.424. The molecule has 0 saturated carbocycles. The molecule has 0 aliphatic rings. The number of ether oxygens (including phenoxy) is 1. The van der Waals surface area contributed by atoms with Gasteiger partial charge in [-0.25, -0.2) is 4.39 Å². The predicted octanol–water partition coefficient (Wildman–Crippen LogP) is 4.55. The minimum absolute atomic E-state index is 0.126. The molecular weight excluding hydrogens is 387 g/mol. The van der Waals surface area contributed by atoms with E-state index in [2.05, 4.69) is 20.8 Å². The number of rotatable bonds is 8. The van der Waals surface area contributed by atoms with Crippen LogP contribution in [0.1, 0.15) is 6.92 Å². The molecule has 0 aliphatic carbocycles. The van der Waals surface area contributed by atoms with Crippen LogP contribution in [0.3, 0.4) is 0 Å². The molecule has 140 valence electrons. The van der Waals surface area contributed by atoms with Crippen LogP contribution in [-0.2, 0) is 4.79 Å². The van der Waals surface area contributed by atoms with Gasteiger partial charge < -0.3 is 15.4 Å². The lowest BCUT2D eigenvalue weighted by molar-refractivity contribution is -0.114. The normalized spacial score (nSPS) is 10.4. The van der Waals surface area contributed by atoms with E-state index in [4.69, 9.17) is 4.74 Å². The van der Waals surface area contributed by atoms with E-state index in [1.165, 1.54) is 36.1 Å². The highest BCUT2D eigenvalue weighted by atomic mass is 32.2. The number of benzene rings is 2. The topological polar surface area (TPSA) is 76.1 Å². The van der Waals surface area contributed by atoms with Gasteiger partial charge in [0.25, 0.3) is 0 Å². The summed E-state index contributed by atoms with van der Waals surface area (Å²) in [5, 5.41) is 14.8. The zero-order valence-corrected chi connectivity index (χ0v) is 16.1. The van der Waals surface area contributed by atoms with E-state index in [-0.39, 0.29) is 17.5 Å². The minimum atomic E-state index is -0.369. The number of carbonyl (C=O) groups is 1. The van der Waals surface area contributed by atoms with Crippen LogP contribution in [0.25, 0.3) is 0 Å². The summed E-state index contributed by atoms with van der Waals surface area (Å²) in [6.07, 6.45) is 0. The fourth-order valence-electron chi connectivity index (χ4n) is 2.16. The molecule has 0 aliphatic heterocycles. The number of hydrogen-bond acceptors (Lipinski definition) is 7. The molecule has 0 spiro atoms. The van der Waals surface area contributed by atoms with Gasteiger partial charge in [0.15, 0.2) is 15.9 Å². The lowest BCUT2D eigenvalue weighted by Gasteiger charge is -2.06. The monoisotopic (exact) mass is 404 g/mol. The van der Waals surface area contributed by atoms with Gasteiger partial charge in [0.1, 0.15) is 0 Å². The summed E-state index contributed by atoms with van der Waals surface area (Å²) < 4.78 is 19.7. The fraction of sp³-hybridized carbons (Fsp3) is 0.167. The van der Waals surface area contributed by atoms with E-state index in [0.29, 0.717) is 23.2 Å². The Morgan fingerprint density at radius 3 is 2.81 bits per heavy atom. The third-order valence-electron chi connectivity index (χ3n) is 3.24. The SMILES string of the molecule is CC(=O)Nc1cccc(Nc2nnc(SCCOc3ccccc3F)s2)c1. The van der Waals surface area contributed by atoms with Gasteiger partial charge in [-0.3, -0.25) is 4.79 Å². The van der Waals surface area contributed by atoms with Crippen molar-refractivity contribution in [3.8, 4) is 5.75 Å². The van der Waals surface area contributed by atoms with Crippen LogP contribution < -0.4 is 15.4 Å². The Hall–Kier alpha value is -2.65. The summed E-state index contributed by atoms with van der Waals surface area (Å²) >= 11 is 2.90. The maximum atomic E-state index is 13.5. The molecule has 27 heavy (non-hydrogen) atoms. The van der Waals surface area contributed by atoms with E-state index in [1.807, 2.05) is 24.3 Å². The number of halogens is 1. The average molecular weight is 404 g/mol. The number of aromatic nitrogens is 2. The molecule has 0 unspecified atom stereocenters. The number of carbonyl (C=O) groups excluding carboxylic acids is 1. The molecule has 2 N–H and O–H groups in total. The molecule has 9 heteroatoms. The summed E-state index contributed by atoms with van der Waals surface area (Å²) in [4.78, 5) is 11.1. The van der Waals surface area contributed by atoms with Crippen LogP contribution >= 0.6 is 23.1 Å². The van der Waals surface area contributed by atoms with Gasteiger partial charge in [-0.2, -0.15) is 0 Å². The first kappa shape index (κ1) is 19.1. The summed E-state index contributed by atoms with van der Waals surface area (Å²) in [7, 11) is 0. The maximum absolute atomic E-state index is 13.5. The lowest BCUT2D eigenvalue weighted by Crippen LogP contribution is -2.05. The fourth-order valence-corrected chi connectivity index (χ4v) is 3.82. The van der Waals surface area contributed by atoms with E-state index >= 15 is 0 Å². The molecule has 0 saturated heterocycles. The number of nitrogens with one attached hydrogen (secondary N) is 2. The second-order valence-electron chi connectivity index (χ2n) is 5.39. The van der Waals surface area contributed by atoms with Gasteiger partial charge in [0, 0.05) is 24.1 Å². The van der Waals surface area contributed by atoms with E-state index in [1.54, 1.807) is 18.2 Å². The second-order valence-corrected chi connectivity index (χ2v) is 7.71. The minimum Gasteiger partial charge on any atom is -0.490 e. The van der Waals surface area contributed by atoms with Crippen molar-refractivity contribution in [3.05, 3.63) is 54.3 Å². The van der Waals surface area contributed by atoms with E-state index in [9.17, 15) is 9.18 Å². The molecule has 6 nitrogen and oxygen atoms in total. The van der Waals surface area contributed by atoms with Crippen molar-refractivity contribution < 1.29 is 13.9 Å². The third kappa shape index (κ3) is 5.93. The highest BCUT2D eigenvalue weighted by Crippen LogP contribution is 2.28. The van der Waals surface area contributed by atoms with Crippen molar-refractivity contribution in [1.29, 1.82) is 0 Å². The average Bonchev–Trinajstić information content (AvgIpc) is 3.07. The molecule has 1 aromatic heterocycles. The standard InChI is InChI=1S/C18H17FN4O2S2/c1-12(24)20-13-5-4-6-14(11-13)21-17-22-23-18(27-17)26-10-9-25-16-8-3-2-7-15(16)19/h2-8,11H,9-10H2,1H3,(H,20,24)(H,21,22). The van der Waals surface area contributed by atoms with Crippen LogP contribution in [0, 0.1) is 5.82 Å². The first-order chi connectivity index (χ1) is 13.1. The first-order valence-corrected chi connectivity index (χ1v) is 9.88. The smallest absolute Gasteiger partial charge is 0.221 e. The van der Waals surface area contributed by atoms with Crippen molar-refractivity contribution in [2.24, 2.45) is 0 Å². The molecule has 1 amide bonds. The van der Waals surface area contributed by atoms with Crippen LogP contribution in [0.2, 0.25) is 0 Å². The number of hydrogen-bond donors (Lipinski definition) is 2. The summed E-state index contributed by atoms with van der Waals surface area (Å²) in [6.45, 7) is 1.83. The van der Waals surface area contributed by atoms with Gasteiger partial charge in [0.2, 0.25) is 11.0 Å². The number of amides is 1. The highest BCUT2D eigenvalue weighted by Gasteiger charge is 2.07. The van der Waals surface area contributed by atoms with Crippen LogP contribution in [0.5, 0.6) is 5.75 Å². The van der Waals surface area contributed by atoms with Crippen molar-refractivity contribution in [2.45, 2.75) is 11.3 Å². The molecule has 0 fully saturated rings. The Morgan fingerprint density at radius 2 is 2.00 bits per heavy atom. The maximum Gasteiger partial charge on any atom is 0.221 e. The van der Waals surface area contributed by atoms with Gasteiger partial charge >= 0.3 is 0 Å². The summed E-state index contributed by atoms with van der Waals surface area (Å²) in [6, 6.07) is 13.7. The second kappa shape index (κ2) is 9.33. The number of nitrogens with zero attached hydrogens (tertiary/aromatic N) is 2. The highest BCUT2D eigenvalue weighted by molar-refractivity contribution is 8.01. The van der Waals surface area contributed by atoms with Gasteiger partial charge in [-0.1, -0.05) is 41.3 Å². The lowest BCUT2D eigenvalue weighted by atomic mass is 10.3. The van der Waals surface area contributed by atoms with E-state index < -0.39 is 0 Å². The third-order valence-corrected chi connectivity index (χ3v) is 5.18. The Kier molecular flexibility index (Phi) is 6.61. The Balaban J connectivity index is 1.48. The van der Waals surface area contributed by atoms with Crippen molar-refractivity contribution in [3.63, 3.8) is 0 Å². The molecule has 3 rings (SSSR count). The molecule has 0 radical (unpaired) electrons. The van der Waals surface area contributed by atoms with Crippen LogP contribution in [0.15, 0.2) is 52.9 Å². The van der Waals surface area contributed by atoms with Crippen molar-refractivity contribution >= 4 is 45.5 Å². The zero-order chi connectivity index (χ0) is 19.1. The first-order valence-electron chi connectivity index (χ1n) is 8.08. The largest absolute Gasteiger partial charge is 0.490 e. The zero-order valence-electron chi connectivity index (χ0n) is 14.4. The summed E-state index contributed by atoms with van der Waals surface area (Å²) in [5.74, 6) is 0.378. The predicted molar refractivity (Wildman–Crippen MR) is 107 cm³/mol. The van der Waals surface area contributed by atoms with Crippen molar-refractivity contribution in [2.75, 3.05) is 23.0 Å². The molecule has 2 aromatic carbocycles. The van der Waals surface area contributed by atoms with Gasteiger partial charge in [-0.05, 0) is 30.3 Å². The summed E-state index contributed by atoms with van der Waals surface area (Å²) in [5.41, 5.74) is 1.51. The van der Waals surface area contributed by atoms with Crippen LogP contribution in [-0.4, -0.2) is 28.5 Å². The Morgan fingerprint density at radius 1 is 1.19 bits per heavy atom. The number of anilines is 3. The van der Waals surface area contributed by atoms with Gasteiger partial charge in [0.05, 0.1) is 6.61 Å². The van der Waals surface area contributed by atoms with Gasteiger partial charge in [-0.15, -0.1) is 10.2 Å². The Bertz CT molecular complexity index is 920. The molecule has 1 heterocycles. The molecule has 3 aromatic rings. The Labute approximate surface area is 164 Å². The van der Waals surface area contributed by atoms with E-state index in [0.717, 1.165) is 10.0 Å². The number of thioether (sulfide) groups is 1. The molecule has 0 bridgehead atoms. The molecule has 0 atom stereocenters.